The third-order valence-electron chi connectivity index (χ3n) is 2.81. The van der Waals surface area contributed by atoms with Crippen molar-refractivity contribution in [3.05, 3.63) is 34.4 Å². The number of carbonyl (C=O) groups excluding carboxylic acids is 1. The molecule has 0 amide bonds. The van der Waals surface area contributed by atoms with Crippen LogP contribution in [0.15, 0.2) is 12.1 Å². The number of halogens is 3. The molecule has 0 aromatic heterocycles. The summed E-state index contributed by atoms with van der Waals surface area (Å²) in [6.45, 7) is 3.36. The van der Waals surface area contributed by atoms with E-state index in [-0.39, 0.29) is 36.1 Å². The summed E-state index contributed by atoms with van der Waals surface area (Å²) in [6, 6.07) is 3.84. The van der Waals surface area contributed by atoms with Crippen molar-refractivity contribution in [1.82, 2.24) is 0 Å². The van der Waals surface area contributed by atoms with Crippen molar-refractivity contribution in [2.75, 3.05) is 6.61 Å². The van der Waals surface area contributed by atoms with Crippen LogP contribution in [0.3, 0.4) is 0 Å². The zero-order valence-corrected chi connectivity index (χ0v) is 11.2. The molecule has 1 aromatic rings. The highest BCUT2D eigenvalue weighted by Gasteiger charge is 2.34. The molecule has 1 aromatic carbocycles. The zero-order valence-electron chi connectivity index (χ0n) is 11.2. The van der Waals surface area contributed by atoms with Crippen molar-refractivity contribution in [2.45, 2.75) is 32.9 Å². The van der Waals surface area contributed by atoms with E-state index in [9.17, 15) is 18.0 Å². The molecular formula is C14H14F3NO2. The maximum absolute atomic E-state index is 12.9. The molecule has 0 unspecified atom stereocenters. The molecule has 108 valence electrons. The van der Waals surface area contributed by atoms with E-state index in [1.807, 2.05) is 0 Å². The van der Waals surface area contributed by atoms with E-state index >= 15 is 0 Å². The number of nitriles is 1. The van der Waals surface area contributed by atoms with Crippen LogP contribution in [-0.4, -0.2) is 12.6 Å². The highest BCUT2D eigenvalue weighted by Crippen LogP contribution is 2.34. The van der Waals surface area contributed by atoms with Crippen LogP contribution in [-0.2, 0) is 28.5 Å². The largest absolute Gasteiger partial charge is 0.466 e. The van der Waals surface area contributed by atoms with Crippen LogP contribution in [0, 0.1) is 11.3 Å². The smallest absolute Gasteiger partial charge is 0.416 e. The lowest BCUT2D eigenvalue weighted by atomic mass is 9.93. The lowest BCUT2D eigenvalue weighted by molar-refractivity contribution is -0.142. The van der Waals surface area contributed by atoms with Crippen LogP contribution in [0.1, 0.15) is 36.1 Å². The third kappa shape index (κ3) is 3.50. The number of esters is 1. The minimum atomic E-state index is -4.51. The van der Waals surface area contributed by atoms with Crippen molar-refractivity contribution in [3.63, 3.8) is 0 Å². The van der Waals surface area contributed by atoms with E-state index in [0.717, 1.165) is 12.1 Å². The molecule has 1 rings (SSSR count). The molecule has 20 heavy (non-hydrogen) atoms. The molecule has 0 atom stereocenters. The normalized spacial score (nSPS) is 11.0. The molecule has 0 aliphatic carbocycles. The van der Waals surface area contributed by atoms with Gasteiger partial charge in [0.05, 0.1) is 30.2 Å². The van der Waals surface area contributed by atoms with E-state index in [1.54, 1.807) is 19.9 Å². The van der Waals surface area contributed by atoms with Gasteiger partial charge in [0, 0.05) is 0 Å². The highest BCUT2D eigenvalue weighted by molar-refractivity contribution is 5.74. The monoisotopic (exact) mass is 285 g/mol. The number of hydrogen-bond donors (Lipinski definition) is 0. The van der Waals surface area contributed by atoms with Gasteiger partial charge in [-0.05, 0) is 30.5 Å². The number of hydrogen-bond acceptors (Lipinski definition) is 3. The van der Waals surface area contributed by atoms with Gasteiger partial charge in [-0.2, -0.15) is 18.4 Å². The number of benzene rings is 1. The summed E-state index contributed by atoms with van der Waals surface area (Å²) >= 11 is 0. The summed E-state index contributed by atoms with van der Waals surface area (Å²) in [5.41, 5.74) is -0.739. The van der Waals surface area contributed by atoms with Crippen molar-refractivity contribution in [2.24, 2.45) is 0 Å². The average Bonchev–Trinajstić information content (AvgIpc) is 2.36. The summed E-state index contributed by atoms with van der Waals surface area (Å²) in [4.78, 5) is 11.4. The van der Waals surface area contributed by atoms with Gasteiger partial charge in [-0.1, -0.05) is 13.0 Å². The van der Waals surface area contributed by atoms with E-state index in [4.69, 9.17) is 10.00 Å². The Labute approximate surface area is 115 Å². The van der Waals surface area contributed by atoms with Gasteiger partial charge < -0.3 is 4.74 Å². The van der Waals surface area contributed by atoms with Gasteiger partial charge in [0.25, 0.3) is 0 Å². The van der Waals surface area contributed by atoms with E-state index in [2.05, 4.69) is 0 Å². The van der Waals surface area contributed by atoms with Crippen LogP contribution in [0.25, 0.3) is 0 Å². The number of nitrogens with zero attached hydrogens (tertiary/aromatic N) is 1. The first-order chi connectivity index (χ1) is 9.35. The minimum absolute atomic E-state index is 0.0639. The maximum Gasteiger partial charge on any atom is 0.416 e. The fraction of sp³-hybridized carbons (Fsp3) is 0.429. The Hall–Kier alpha value is -2.03. The molecule has 0 aliphatic rings. The summed E-state index contributed by atoms with van der Waals surface area (Å²) in [5, 5.41) is 9.09. The number of rotatable bonds is 4. The molecule has 6 heteroatoms. The maximum atomic E-state index is 12.9. The second kappa shape index (κ2) is 6.42. The predicted molar refractivity (Wildman–Crippen MR) is 65.9 cm³/mol. The Balaban J connectivity index is 3.30. The lowest BCUT2D eigenvalue weighted by Gasteiger charge is -2.15. The molecule has 0 heterocycles. The summed E-state index contributed by atoms with van der Waals surface area (Å²) in [5.74, 6) is -0.564. The molecule has 0 saturated heterocycles. The molecule has 0 aliphatic heterocycles. The van der Waals surface area contributed by atoms with Gasteiger partial charge in [-0.15, -0.1) is 0 Å². The summed E-state index contributed by atoms with van der Waals surface area (Å²) in [7, 11) is 0. The van der Waals surface area contributed by atoms with Gasteiger partial charge in [0.15, 0.2) is 0 Å². The number of carbonyl (C=O) groups is 1. The van der Waals surface area contributed by atoms with Crippen molar-refractivity contribution < 1.29 is 22.7 Å². The summed E-state index contributed by atoms with van der Waals surface area (Å²) < 4.78 is 43.3. The second-order valence-electron chi connectivity index (χ2n) is 4.07. The van der Waals surface area contributed by atoms with Crippen LogP contribution < -0.4 is 0 Å². The van der Waals surface area contributed by atoms with E-state index in [0.29, 0.717) is 0 Å². The summed E-state index contributed by atoms with van der Waals surface area (Å²) in [6.07, 6.45) is -4.66. The zero-order chi connectivity index (χ0) is 15.3. The van der Waals surface area contributed by atoms with Crippen LogP contribution in [0.4, 0.5) is 13.2 Å². The molecular weight excluding hydrogens is 271 g/mol. The highest BCUT2D eigenvalue weighted by atomic mass is 19.4. The fourth-order valence-corrected chi connectivity index (χ4v) is 1.98. The molecule has 0 radical (unpaired) electrons. The van der Waals surface area contributed by atoms with Crippen LogP contribution >= 0.6 is 0 Å². The SMILES string of the molecule is CCOC(=O)Cc1ccc(C(F)(F)F)c(CC)c1C#N. The number of alkyl halides is 3. The van der Waals surface area contributed by atoms with Crippen molar-refractivity contribution in [1.29, 1.82) is 5.26 Å². The Morgan fingerprint density at radius 3 is 2.45 bits per heavy atom. The van der Waals surface area contributed by atoms with Gasteiger partial charge in [-0.25, -0.2) is 0 Å². The van der Waals surface area contributed by atoms with Gasteiger partial charge in [-0.3, -0.25) is 4.79 Å². The Bertz CT molecular complexity index is 545. The van der Waals surface area contributed by atoms with Gasteiger partial charge >= 0.3 is 12.1 Å². The third-order valence-corrected chi connectivity index (χ3v) is 2.81. The lowest BCUT2D eigenvalue weighted by Crippen LogP contribution is -2.14. The van der Waals surface area contributed by atoms with Crippen molar-refractivity contribution >= 4 is 5.97 Å². The standard InChI is InChI=1S/C14H14F3NO2/c1-3-10-11(8-18)9(7-13(19)20-4-2)5-6-12(10)14(15,16)17/h5-6H,3-4,7H2,1-2H3. The van der Waals surface area contributed by atoms with Crippen molar-refractivity contribution in [3.8, 4) is 6.07 Å². The molecule has 3 nitrogen and oxygen atoms in total. The Morgan fingerprint density at radius 2 is 2.00 bits per heavy atom. The molecule has 0 fully saturated rings. The minimum Gasteiger partial charge on any atom is -0.466 e. The molecule has 0 N–H and O–H groups in total. The average molecular weight is 285 g/mol. The van der Waals surface area contributed by atoms with E-state index < -0.39 is 17.7 Å². The van der Waals surface area contributed by atoms with E-state index in [1.165, 1.54) is 0 Å². The topological polar surface area (TPSA) is 50.1 Å². The molecule has 0 bridgehead atoms. The molecule has 0 saturated carbocycles. The quantitative estimate of drug-likeness (QED) is 0.798. The fourth-order valence-electron chi connectivity index (χ4n) is 1.98. The Kier molecular flexibility index (Phi) is 5.14. The molecule has 0 spiro atoms. The second-order valence-corrected chi connectivity index (χ2v) is 4.07. The van der Waals surface area contributed by atoms with Gasteiger partial charge in [0.2, 0.25) is 0 Å². The number of ether oxygens (including phenoxy) is 1. The first-order valence-electron chi connectivity index (χ1n) is 6.12. The van der Waals surface area contributed by atoms with Gasteiger partial charge in [0.1, 0.15) is 0 Å². The van der Waals surface area contributed by atoms with Crippen LogP contribution in [0.5, 0.6) is 0 Å². The first-order valence-corrected chi connectivity index (χ1v) is 6.12. The van der Waals surface area contributed by atoms with Crippen LogP contribution in [0.2, 0.25) is 0 Å². The Morgan fingerprint density at radius 1 is 1.35 bits per heavy atom. The first kappa shape index (κ1) is 16.0. The predicted octanol–water partition coefficient (Wildman–Crippen LogP) is 3.25.